The summed E-state index contributed by atoms with van der Waals surface area (Å²) in [5.74, 6) is -8.77. The fourth-order valence-corrected chi connectivity index (χ4v) is 4.51. The van der Waals surface area contributed by atoms with Gasteiger partial charge in [0.1, 0.15) is 24.2 Å². The molecule has 0 unspecified atom stereocenters. The maximum Gasteiger partial charge on any atom is 0.526 e. The number of nitrogens with one attached hydrogen (secondary N) is 6. The lowest BCUT2D eigenvalue weighted by molar-refractivity contribution is -0.142. The number of rotatable bonds is 23. The number of amides is 6. The SMILES string of the molecule is C[C@H](NC(=O)[C@H](C)NC(=O)[C@H](CCC(=O)NP(=O)(O)O)NC(=O)CNC(=O)[C@@H](N)CCC(=O)OP(=O)(O)O)C(=O)N[C@@H](CCCCN)C(=O)O. The Balaban J connectivity index is 5.38. The third-order valence-corrected chi connectivity index (χ3v) is 7.27. The summed E-state index contributed by atoms with van der Waals surface area (Å²) >= 11 is 0. The number of carbonyl (C=O) groups excluding carboxylic acids is 7. The second-order valence-corrected chi connectivity index (χ2v) is 13.2. The van der Waals surface area contributed by atoms with Gasteiger partial charge in [0, 0.05) is 12.8 Å². The number of phosphoric ester groups is 1. The van der Waals surface area contributed by atoms with Crippen molar-refractivity contribution < 1.29 is 76.7 Å². The smallest absolute Gasteiger partial charge is 0.480 e. The number of carboxylic acids is 1. The number of carboxylic acid groups (broad SMARTS) is 1. The van der Waals surface area contributed by atoms with Crippen molar-refractivity contribution in [2.45, 2.75) is 89.0 Å². The zero-order valence-corrected chi connectivity index (χ0v) is 28.8. The van der Waals surface area contributed by atoms with Gasteiger partial charge < -0.3 is 57.5 Å². The van der Waals surface area contributed by atoms with Crippen LogP contribution in [0.25, 0.3) is 0 Å². The van der Waals surface area contributed by atoms with Gasteiger partial charge in [0.25, 0.3) is 0 Å². The molecule has 0 aliphatic rings. The van der Waals surface area contributed by atoms with E-state index in [1.807, 2.05) is 0 Å². The Labute approximate surface area is 285 Å². The molecule has 286 valence electrons. The van der Waals surface area contributed by atoms with Crippen LogP contribution in [-0.4, -0.2) is 115 Å². The molecule has 0 spiro atoms. The number of aliphatic carboxylic acids is 1. The van der Waals surface area contributed by atoms with E-state index in [0.717, 1.165) is 0 Å². The summed E-state index contributed by atoms with van der Waals surface area (Å²) in [7, 11) is -10.1. The molecule has 26 heteroatoms. The van der Waals surface area contributed by atoms with Crippen LogP contribution in [0.4, 0.5) is 0 Å². The van der Waals surface area contributed by atoms with Gasteiger partial charge >= 0.3 is 27.5 Å². The molecule has 0 aliphatic heterocycles. The first-order valence-corrected chi connectivity index (χ1v) is 17.9. The van der Waals surface area contributed by atoms with Gasteiger partial charge in [0.05, 0.1) is 12.6 Å². The average Bonchev–Trinajstić information content (AvgIpc) is 2.97. The molecule has 0 radical (unpaired) electrons. The minimum atomic E-state index is -5.11. The van der Waals surface area contributed by atoms with Crippen LogP contribution in [-0.2, 0) is 52.0 Å². The Morgan fingerprint density at radius 2 is 1.26 bits per heavy atom. The van der Waals surface area contributed by atoms with Crippen LogP contribution >= 0.6 is 15.6 Å². The predicted molar refractivity (Wildman–Crippen MR) is 167 cm³/mol. The Kier molecular flexibility index (Phi) is 20.2. The lowest BCUT2D eigenvalue weighted by Crippen LogP contribution is -2.57. The Hall–Kier alpha value is -4.02. The molecule has 24 nitrogen and oxygen atoms in total. The highest BCUT2D eigenvalue weighted by atomic mass is 31.2. The molecule has 0 aromatic heterocycles. The van der Waals surface area contributed by atoms with Crippen LogP contribution in [0.5, 0.6) is 0 Å². The van der Waals surface area contributed by atoms with Crippen molar-refractivity contribution in [3.05, 3.63) is 0 Å². The van der Waals surface area contributed by atoms with Gasteiger partial charge in [-0.15, -0.1) is 0 Å². The lowest BCUT2D eigenvalue weighted by atomic mass is 10.1. The summed E-state index contributed by atoms with van der Waals surface area (Å²) in [4.78, 5) is 133. The minimum Gasteiger partial charge on any atom is -0.480 e. The first-order chi connectivity index (χ1) is 22.9. The van der Waals surface area contributed by atoms with Gasteiger partial charge in [-0.3, -0.25) is 48.4 Å². The molecule has 0 saturated carbocycles. The summed E-state index contributed by atoms with van der Waals surface area (Å²) in [6, 6.07) is -7.00. The van der Waals surface area contributed by atoms with Gasteiger partial charge in [-0.05, 0) is 52.5 Å². The van der Waals surface area contributed by atoms with Crippen molar-refractivity contribution in [2.75, 3.05) is 13.1 Å². The van der Waals surface area contributed by atoms with E-state index in [9.17, 15) is 52.6 Å². The van der Waals surface area contributed by atoms with Gasteiger partial charge in [0.15, 0.2) is 0 Å². The molecule has 6 amide bonds. The summed E-state index contributed by atoms with van der Waals surface area (Å²) in [6.07, 6.45) is -1.39. The Morgan fingerprint density at radius 1 is 0.700 bits per heavy atom. The van der Waals surface area contributed by atoms with Crippen molar-refractivity contribution in [1.29, 1.82) is 0 Å². The normalized spacial score (nSPS) is 14.4. The summed E-state index contributed by atoms with van der Waals surface area (Å²) in [5.41, 5.74) is 11.0. The monoisotopic (exact) mass is 762 g/mol. The van der Waals surface area contributed by atoms with Crippen molar-refractivity contribution in [3.8, 4) is 0 Å². The highest BCUT2D eigenvalue weighted by Gasteiger charge is 2.29. The molecule has 0 heterocycles. The van der Waals surface area contributed by atoms with E-state index in [1.54, 1.807) is 0 Å². The topological polar surface area (TPSA) is 405 Å². The fraction of sp³-hybridized carbons (Fsp3) is 0.667. The predicted octanol–water partition coefficient (Wildman–Crippen LogP) is -4.97. The van der Waals surface area contributed by atoms with Crippen LogP contribution in [0.3, 0.4) is 0 Å². The highest BCUT2D eigenvalue weighted by molar-refractivity contribution is 7.50. The molecule has 0 bridgehead atoms. The van der Waals surface area contributed by atoms with Gasteiger partial charge in [-0.1, -0.05) is 0 Å². The third-order valence-electron chi connectivity index (χ3n) is 6.29. The van der Waals surface area contributed by atoms with Crippen LogP contribution in [0.15, 0.2) is 0 Å². The molecule has 0 aliphatic carbocycles. The molecule has 0 saturated heterocycles. The van der Waals surface area contributed by atoms with E-state index < -0.39 is 125 Å². The number of unbranched alkanes of at least 4 members (excludes halogenated alkanes) is 1. The van der Waals surface area contributed by atoms with Crippen LogP contribution in [0.2, 0.25) is 0 Å². The second-order valence-electron chi connectivity index (χ2n) is 10.7. The number of hydrogen-bond donors (Lipinski definition) is 13. The zero-order valence-electron chi connectivity index (χ0n) is 27.0. The molecule has 0 aromatic carbocycles. The number of nitrogens with two attached hydrogens (primary N) is 2. The molecule has 50 heavy (non-hydrogen) atoms. The van der Waals surface area contributed by atoms with E-state index >= 15 is 0 Å². The summed E-state index contributed by atoms with van der Waals surface area (Å²) < 4.78 is 25.5. The van der Waals surface area contributed by atoms with Crippen molar-refractivity contribution in [3.63, 3.8) is 0 Å². The largest absolute Gasteiger partial charge is 0.526 e. The van der Waals surface area contributed by atoms with E-state index in [4.69, 9.17) is 31.0 Å². The summed E-state index contributed by atoms with van der Waals surface area (Å²) in [5, 5.41) is 21.7. The Morgan fingerprint density at radius 3 is 1.78 bits per heavy atom. The zero-order chi connectivity index (χ0) is 38.8. The van der Waals surface area contributed by atoms with Crippen LogP contribution in [0, 0.1) is 0 Å². The van der Waals surface area contributed by atoms with Gasteiger partial charge in [-0.2, -0.15) is 0 Å². The third kappa shape index (κ3) is 21.1. The van der Waals surface area contributed by atoms with Crippen LogP contribution < -0.4 is 43.1 Å². The first-order valence-electron chi connectivity index (χ1n) is 14.8. The fourth-order valence-electron chi connectivity index (χ4n) is 3.72. The van der Waals surface area contributed by atoms with E-state index in [1.165, 1.54) is 18.9 Å². The standard InChI is InChI=1S/C24H44N8O16P2/c1-12(20(36)28-13(2)21(37)31-16(24(40)41)5-3-4-10-25)29-23(39)15(7-8-17(33)32-49(42,43)44)30-18(34)11-27-22(38)14(26)6-9-19(35)48-50(45,46)47/h12-16H,3-11,25-26H2,1-2H3,(H,27,38)(H,28,36)(H,29,39)(H,30,34)(H,31,37)(H,40,41)(H2,45,46,47)(H3,32,33,42,43,44)/t12-,13-,14-,15-,16-/m0/s1. The maximum atomic E-state index is 13.0. The van der Waals surface area contributed by atoms with E-state index in [0.29, 0.717) is 19.4 Å². The highest BCUT2D eigenvalue weighted by Crippen LogP contribution is 2.36. The first kappa shape index (κ1) is 46.0. The summed E-state index contributed by atoms with van der Waals surface area (Å²) in [6.45, 7) is 1.92. The van der Waals surface area contributed by atoms with Crippen molar-refractivity contribution in [1.82, 2.24) is 31.7 Å². The van der Waals surface area contributed by atoms with E-state index in [-0.39, 0.29) is 6.42 Å². The van der Waals surface area contributed by atoms with E-state index in [2.05, 4.69) is 31.1 Å². The van der Waals surface area contributed by atoms with Crippen molar-refractivity contribution >= 4 is 63.0 Å². The van der Waals surface area contributed by atoms with Gasteiger partial charge in [0.2, 0.25) is 35.4 Å². The molecular formula is C24H44N8O16P2. The minimum absolute atomic E-state index is 0.0828. The van der Waals surface area contributed by atoms with Gasteiger partial charge in [-0.25, -0.2) is 13.9 Å². The molecule has 0 fully saturated rings. The molecule has 0 rings (SSSR count). The number of phosphoric acid groups is 1. The molecule has 15 N–H and O–H groups in total. The van der Waals surface area contributed by atoms with Crippen molar-refractivity contribution in [2.24, 2.45) is 11.5 Å². The number of hydrogen-bond acceptors (Lipinski definition) is 13. The number of carbonyl (C=O) groups is 8. The molecular weight excluding hydrogens is 718 g/mol. The van der Waals surface area contributed by atoms with Crippen LogP contribution in [0.1, 0.15) is 58.8 Å². The quantitative estimate of drug-likeness (QED) is 0.0342. The maximum absolute atomic E-state index is 13.0. The second kappa shape index (κ2) is 21.9. The Bertz CT molecular complexity index is 1340. The average molecular weight is 763 g/mol. The molecule has 0 aromatic rings. The molecule has 5 atom stereocenters. The lowest BCUT2D eigenvalue weighted by Gasteiger charge is -2.23.